The molecule has 0 aliphatic heterocycles. The van der Waals surface area contributed by atoms with Crippen LogP contribution in [-0.2, 0) is 13.0 Å². The van der Waals surface area contributed by atoms with Crippen molar-refractivity contribution < 1.29 is 0 Å². The van der Waals surface area contributed by atoms with Gasteiger partial charge in [0, 0.05) is 12.2 Å². The Labute approximate surface area is 131 Å². The fourth-order valence-electron chi connectivity index (χ4n) is 2.47. The van der Waals surface area contributed by atoms with E-state index in [1.807, 2.05) is 0 Å². The molecule has 0 spiro atoms. The molecule has 1 aromatic carbocycles. The molecule has 0 saturated heterocycles. The maximum absolute atomic E-state index is 4.16. The van der Waals surface area contributed by atoms with E-state index in [9.17, 15) is 0 Å². The summed E-state index contributed by atoms with van der Waals surface area (Å²) in [6, 6.07) is 8.78. The Morgan fingerprint density at radius 2 is 1.62 bits per heavy atom. The second-order valence-corrected chi connectivity index (χ2v) is 8.16. The van der Waals surface area contributed by atoms with E-state index in [1.165, 1.54) is 17.5 Å². The molecule has 0 aromatic heterocycles. The van der Waals surface area contributed by atoms with Crippen LogP contribution < -0.4 is 5.32 Å². The molecule has 0 radical (unpaired) electrons. The van der Waals surface area contributed by atoms with Gasteiger partial charge in [0.1, 0.15) is 0 Å². The molecule has 0 unspecified atom stereocenters. The lowest BCUT2D eigenvalue weighted by Gasteiger charge is -2.25. The third-order valence-corrected chi connectivity index (χ3v) is 4.02. The molecule has 0 saturated carbocycles. The molecule has 0 aliphatic rings. The van der Waals surface area contributed by atoms with Crippen molar-refractivity contribution in [2.24, 2.45) is 10.8 Å². The van der Waals surface area contributed by atoms with Crippen molar-refractivity contribution in [2.45, 2.75) is 67.3 Å². The van der Waals surface area contributed by atoms with Crippen LogP contribution in [0.5, 0.6) is 0 Å². The monoisotopic (exact) mass is 287 g/mol. The van der Waals surface area contributed by atoms with Crippen LogP contribution in [-0.4, -0.2) is 0 Å². The Kier molecular flexibility index (Phi) is 6.07. The first-order valence-electron chi connectivity index (χ1n) is 8.11. The van der Waals surface area contributed by atoms with Crippen molar-refractivity contribution in [2.75, 3.05) is 0 Å². The molecule has 118 valence electrons. The van der Waals surface area contributed by atoms with Gasteiger partial charge < -0.3 is 5.32 Å². The molecule has 0 aliphatic carbocycles. The van der Waals surface area contributed by atoms with Gasteiger partial charge >= 0.3 is 0 Å². The van der Waals surface area contributed by atoms with E-state index >= 15 is 0 Å². The zero-order valence-electron chi connectivity index (χ0n) is 14.8. The van der Waals surface area contributed by atoms with E-state index in [2.05, 4.69) is 77.7 Å². The van der Waals surface area contributed by atoms with Gasteiger partial charge in [-0.25, -0.2) is 0 Å². The van der Waals surface area contributed by atoms with Gasteiger partial charge in [-0.15, -0.1) is 0 Å². The molecular weight excluding hydrogens is 254 g/mol. The van der Waals surface area contributed by atoms with Crippen LogP contribution in [0.2, 0.25) is 0 Å². The van der Waals surface area contributed by atoms with Crippen LogP contribution in [0.15, 0.2) is 36.5 Å². The number of allylic oxidation sites excluding steroid dienone is 1. The van der Waals surface area contributed by atoms with Crippen LogP contribution in [0, 0.1) is 10.8 Å². The summed E-state index contributed by atoms with van der Waals surface area (Å²) >= 11 is 0. The normalized spacial score (nSPS) is 12.3. The zero-order valence-corrected chi connectivity index (χ0v) is 14.8. The van der Waals surface area contributed by atoms with E-state index in [1.54, 1.807) is 0 Å². The number of hydrogen-bond donors (Lipinski definition) is 1. The molecule has 1 aromatic rings. The maximum Gasteiger partial charge on any atom is 0.0400 e. The average molecular weight is 287 g/mol. The minimum Gasteiger partial charge on any atom is -0.385 e. The second kappa shape index (κ2) is 7.15. The second-order valence-electron chi connectivity index (χ2n) is 8.16. The van der Waals surface area contributed by atoms with Crippen molar-refractivity contribution in [3.63, 3.8) is 0 Å². The lowest BCUT2D eigenvalue weighted by atomic mass is 9.82. The molecule has 21 heavy (non-hydrogen) atoms. The van der Waals surface area contributed by atoms with E-state index in [-0.39, 0.29) is 5.41 Å². The summed E-state index contributed by atoms with van der Waals surface area (Å²) in [4.78, 5) is 0. The summed E-state index contributed by atoms with van der Waals surface area (Å²) in [5.41, 5.74) is 4.63. The number of benzene rings is 1. The van der Waals surface area contributed by atoms with Crippen molar-refractivity contribution in [1.82, 2.24) is 5.32 Å². The highest BCUT2D eigenvalue weighted by Gasteiger charge is 2.17. The Morgan fingerprint density at radius 3 is 2.14 bits per heavy atom. The molecule has 0 bridgehead atoms. The molecule has 1 rings (SSSR count). The third-order valence-electron chi connectivity index (χ3n) is 4.02. The highest BCUT2D eigenvalue weighted by molar-refractivity contribution is 5.28. The summed E-state index contributed by atoms with van der Waals surface area (Å²) in [6.07, 6.45) is 3.34. The summed E-state index contributed by atoms with van der Waals surface area (Å²) in [7, 11) is 0. The minimum atomic E-state index is 0.286. The van der Waals surface area contributed by atoms with Gasteiger partial charge in [0.15, 0.2) is 0 Å². The first-order chi connectivity index (χ1) is 9.63. The largest absolute Gasteiger partial charge is 0.385 e. The molecule has 0 amide bonds. The predicted octanol–water partition coefficient (Wildman–Crippen LogP) is 5.70. The summed E-state index contributed by atoms with van der Waals surface area (Å²) in [5, 5.41) is 3.51. The topological polar surface area (TPSA) is 12.0 Å². The van der Waals surface area contributed by atoms with E-state index in [0.717, 1.165) is 25.1 Å². The number of rotatable bonds is 7. The first kappa shape index (κ1) is 17.8. The molecule has 0 atom stereocenters. The Bertz CT molecular complexity index is 463. The van der Waals surface area contributed by atoms with Gasteiger partial charge in [-0.05, 0) is 34.8 Å². The van der Waals surface area contributed by atoms with Gasteiger partial charge in [-0.1, -0.05) is 78.8 Å². The summed E-state index contributed by atoms with van der Waals surface area (Å²) in [6.45, 7) is 18.7. The Balaban J connectivity index is 2.70. The molecular formula is C20H33N. The quantitative estimate of drug-likeness (QED) is 0.678. The summed E-state index contributed by atoms with van der Waals surface area (Å²) in [5.74, 6) is 0. The number of hydrogen-bond acceptors (Lipinski definition) is 1. The van der Waals surface area contributed by atoms with E-state index in [4.69, 9.17) is 0 Å². The van der Waals surface area contributed by atoms with Crippen molar-refractivity contribution >= 4 is 0 Å². The van der Waals surface area contributed by atoms with Gasteiger partial charge in [0.2, 0.25) is 0 Å². The van der Waals surface area contributed by atoms with Gasteiger partial charge in [-0.2, -0.15) is 0 Å². The Morgan fingerprint density at radius 1 is 1.05 bits per heavy atom. The van der Waals surface area contributed by atoms with Gasteiger partial charge in [0.05, 0.1) is 0 Å². The number of nitrogens with one attached hydrogen (secondary N) is 1. The molecule has 1 N–H and O–H groups in total. The molecule has 1 heteroatoms. The molecule has 0 fully saturated rings. The van der Waals surface area contributed by atoms with Crippen LogP contribution >= 0.6 is 0 Å². The summed E-state index contributed by atoms with van der Waals surface area (Å²) < 4.78 is 0. The van der Waals surface area contributed by atoms with Crippen molar-refractivity contribution in [3.05, 3.63) is 47.7 Å². The van der Waals surface area contributed by atoms with Crippen molar-refractivity contribution in [1.29, 1.82) is 0 Å². The fourth-order valence-corrected chi connectivity index (χ4v) is 2.47. The minimum absolute atomic E-state index is 0.286. The lowest BCUT2D eigenvalue weighted by molar-refractivity contribution is 0.348. The Hall–Kier alpha value is -1.24. The van der Waals surface area contributed by atoms with Crippen molar-refractivity contribution in [3.8, 4) is 0 Å². The highest BCUT2D eigenvalue weighted by Crippen LogP contribution is 2.27. The SMILES string of the molecule is C=C(CC(C)(C)C)NCc1ccccc1CC(C)(C)CC. The average Bonchev–Trinajstić information content (AvgIpc) is 2.35. The molecule has 1 nitrogen and oxygen atoms in total. The third kappa shape index (κ3) is 6.84. The standard InChI is InChI=1S/C20H33N/c1-8-20(6,7)14-17-11-9-10-12-18(17)15-21-16(2)13-19(3,4)5/h9-12,21H,2,8,13-15H2,1,3-7H3. The predicted molar refractivity (Wildman–Crippen MR) is 94.3 cm³/mol. The van der Waals surface area contributed by atoms with E-state index in [0.29, 0.717) is 5.41 Å². The van der Waals surface area contributed by atoms with Crippen LogP contribution in [0.25, 0.3) is 0 Å². The molecule has 0 heterocycles. The maximum atomic E-state index is 4.16. The van der Waals surface area contributed by atoms with Crippen LogP contribution in [0.1, 0.15) is 65.5 Å². The van der Waals surface area contributed by atoms with Gasteiger partial charge in [-0.3, -0.25) is 0 Å². The smallest absolute Gasteiger partial charge is 0.0400 e. The fraction of sp³-hybridized carbons (Fsp3) is 0.600. The van der Waals surface area contributed by atoms with E-state index < -0.39 is 0 Å². The highest BCUT2D eigenvalue weighted by atomic mass is 14.9. The lowest BCUT2D eigenvalue weighted by Crippen LogP contribution is -2.20. The van der Waals surface area contributed by atoms with Gasteiger partial charge in [0.25, 0.3) is 0 Å². The van der Waals surface area contributed by atoms with Crippen LogP contribution in [0.4, 0.5) is 0 Å². The first-order valence-corrected chi connectivity index (χ1v) is 8.11. The van der Waals surface area contributed by atoms with Crippen LogP contribution in [0.3, 0.4) is 0 Å². The zero-order chi connectivity index (χ0) is 16.1.